The number of nitrogens with zero attached hydrogens (tertiary/aromatic N) is 2. The van der Waals surface area contributed by atoms with Crippen LogP contribution in [0.1, 0.15) is 6.42 Å². The summed E-state index contributed by atoms with van der Waals surface area (Å²) in [5.41, 5.74) is 0.0501. The summed E-state index contributed by atoms with van der Waals surface area (Å²) in [6.07, 6.45) is 0.790. The Morgan fingerprint density at radius 3 is 2.77 bits per heavy atom. The molecule has 1 atom stereocenters. The highest BCUT2D eigenvalue weighted by molar-refractivity contribution is 5.80. The Hall–Kier alpha value is -1.89. The van der Waals surface area contributed by atoms with Crippen LogP contribution in [-0.4, -0.2) is 52.4 Å². The highest BCUT2D eigenvalue weighted by Gasteiger charge is 2.27. The van der Waals surface area contributed by atoms with E-state index in [-0.39, 0.29) is 11.7 Å². The molecule has 1 aliphatic heterocycles. The maximum atomic E-state index is 13.8. The quantitative estimate of drug-likeness (QED) is 0.490. The Morgan fingerprint density at radius 1 is 1.41 bits per heavy atom. The predicted molar refractivity (Wildman–Crippen MR) is 83.3 cm³/mol. The molecule has 22 heavy (non-hydrogen) atoms. The monoisotopic (exact) mass is 312 g/mol. The maximum Gasteiger partial charge on any atom is 0.191 e. The minimum absolute atomic E-state index is 0.0501. The molecule has 0 aromatic heterocycles. The maximum absolute atomic E-state index is 13.8. The lowest BCUT2D eigenvalue weighted by molar-refractivity contribution is 0.203. The standard InChI is InChI=1S/C15H22F2N4O/c1-18-15(19-7-9-22-2)20-11-6-8-21(10-11)14-12(16)4-3-5-13(14)17/h3-5,11H,6-10H2,1-2H3,(H2,18,19,20). The van der Waals surface area contributed by atoms with Gasteiger partial charge >= 0.3 is 0 Å². The van der Waals surface area contributed by atoms with Crippen molar-refractivity contribution < 1.29 is 13.5 Å². The van der Waals surface area contributed by atoms with Crippen LogP contribution >= 0.6 is 0 Å². The molecule has 122 valence electrons. The number of hydrogen-bond donors (Lipinski definition) is 2. The molecule has 1 aromatic rings. The summed E-state index contributed by atoms with van der Waals surface area (Å²) >= 11 is 0. The fraction of sp³-hybridized carbons (Fsp3) is 0.533. The molecule has 1 aliphatic rings. The van der Waals surface area contributed by atoms with E-state index in [4.69, 9.17) is 4.74 Å². The van der Waals surface area contributed by atoms with Gasteiger partial charge in [-0.25, -0.2) is 8.78 Å². The van der Waals surface area contributed by atoms with Gasteiger partial charge in [0.25, 0.3) is 0 Å². The largest absolute Gasteiger partial charge is 0.383 e. The van der Waals surface area contributed by atoms with E-state index < -0.39 is 11.6 Å². The Morgan fingerprint density at radius 2 is 2.14 bits per heavy atom. The number of benzene rings is 1. The van der Waals surface area contributed by atoms with Crippen LogP contribution in [0.3, 0.4) is 0 Å². The molecule has 0 radical (unpaired) electrons. The number of nitrogens with one attached hydrogen (secondary N) is 2. The second-order valence-corrected chi connectivity index (χ2v) is 5.14. The minimum atomic E-state index is -0.525. The lowest BCUT2D eigenvalue weighted by atomic mass is 10.2. The average Bonchev–Trinajstić information content (AvgIpc) is 2.94. The number of para-hydroxylation sites is 1. The van der Waals surface area contributed by atoms with Crippen LogP contribution in [0.5, 0.6) is 0 Å². The Balaban J connectivity index is 1.92. The van der Waals surface area contributed by atoms with Gasteiger partial charge in [0, 0.05) is 39.8 Å². The fourth-order valence-electron chi connectivity index (χ4n) is 2.53. The number of methoxy groups -OCH3 is 1. The van der Waals surface area contributed by atoms with Gasteiger partial charge in [-0.15, -0.1) is 0 Å². The Labute approximate surface area is 129 Å². The van der Waals surface area contributed by atoms with Gasteiger partial charge in [-0.05, 0) is 18.6 Å². The third-order valence-corrected chi connectivity index (χ3v) is 3.61. The van der Waals surface area contributed by atoms with Crippen molar-refractivity contribution in [2.75, 3.05) is 45.3 Å². The normalized spacial score (nSPS) is 18.6. The van der Waals surface area contributed by atoms with Gasteiger partial charge in [0.15, 0.2) is 5.96 Å². The SMILES string of the molecule is CN=C(NCCOC)NC1CCN(c2c(F)cccc2F)C1. The number of anilines is 1. The molecule has 2 N–H and O–H groups in total. The number of halogens is 2. The summed E-state index contributed by atoms with van der Waals surface area (Å²) in [7, 11) is 3.32. The molecular formula is C15H22F2N4O. The zero-order valence-corrected chi connectivity index (χ0v) is 12.9. The summed E-state index contributed by atoms with van der Waals surface area (Å²) < 4.78 is 32.6. The van der Waals surface area contributed by atoms with E-state index in [2.05, 4.69) is 15.6 Å². The zero-order valence-electron chi connectivity index (χ0n) is 12.9. The molecule has 1 aromatic carbocycles. The van der Waals surface area contributed by atoms with Crippen molar-refractivity contribution in [3.8, 4) is 0 Å². The molecular weight excluding hydrogens is 290 g/mol. The van der Waals surface area contributed by atoms with Gasteiger partial charge in [-0.2, -0.15) is 0 Å². The van der Waals surface area contributed by atoms with Gasteiger partial charge in [0.2, 0.25) is 0 Å². The van der Waals surface area contributed by atoms with E-state index in [1.807, 2.05) is 0 Å². The van der Waals surface area contributed by atoms with Crippen LogP contribution in [0, 0.1) is 11.6 Å². The van der Waals surface area contributed by atoms with Gasteiger partial charge < -0.3 is 20.3 Å². The van der Waals surface area contributed by atoms with Crippen LogP contribution in [0.2, 0.25) is 0 Å². The van der Waals surface area contributed by atoms with Crippen molar-refractivity contribution in [3.63, 3.8) is 0 Å². The summed E-state index contributed by atoms with van der Waals surface area (Å²) in [5, 5.41) is 6.38. The highest BCUT2D eigenvalue weighted by atomic mass is 19.1. The average molecular weight is 312 g/mol. The van der Waals surface area contributed by atoms with E-state index >= 15 is 0 Å². The van der Waals surface area contributed by atoms with Gasteiger partial charge in [0.05, 0.1) is 6.61 Å². The molecule has 1 unspecified atom stereocenters. The molecule has 0 amide bonds. The number of rotatable bonds is 5. The number of hydrogen-bond acceptors (Lipinski definition) is 3. The predicted octanol–water partition coefficient (Wildman–Crippen LogP) is 1.35. The van der Waals surface area contributed by atoms with Crippen molar-refractivity contribution in [2.24, 2.45) is 4.99 Å². The van der Waals surface area contributed by atoms with Crippen LogP contribution in [0.15, 0.2) is 23.2 Å². The molecule has 0 bridgehead atoms. The molecule has 5 nitrogen and oxygen atoms in total. The first-order chi connectivity index (χ1) is 10.7. The number of guanidine groups is 1. The second kappa shape index (κ2) is 7.93. The third-order valence-electron chi connectivity index (χ3n) is 3.61. The molecule has 0 aliphatic carbocycles. The topological polar surface area (TPSA) is 48.9 Å². The molecule has 2 rings (SSSR count). The molecule has 1 fully saturated rings. The molecule has 0 spiro atoms. The van der Waals surface area contributed by atoms with Crippen LogP contribution < -0.4 is 15.5 Å². The number of ether oxygens (including phenoxy) is 1. The van der Waals surface area contributed by atoms with Crippen molar-refractivity contribution in [1.82, 2.24) is 10.6 Å². The highest BCUT2D eigenvalue weighted by Crippen LogP contribution is 2.26. The summed E-state index contributed by atoms with van der Waals surface area (Å²) in [4.78, 5) is 5.86. The lowest BCUT2D eigenvalue weighted by Crippen LogP contribution is -2.45. The van der Waals surface area contributed by atoms with Crippen LogP contribution in [0.25, 0.3) is 0 Å². The van der Waals surface area contributed by atoms with Gasteiger partial charge in [-0.3, -0.25) is 4.99 Å². The van der Waals surface area contributed by atoms with Crippen molar-refractivity contribution >= 4 is 11.6 Å². The minimum Gasteiger partial charge on any atom is -0.383 e. The first-order valence-electron chi connectivity index (χ1n) is 7.30. The molecule has 1 saturated heterocycles. The van der Waals surface area contributed by atoms with Crippen LogP contribution in [0.4, 0.5) is 14.5 Å². The molecule has 7 heteroatoms. The van der Waals surface area contributed by atoms with E-state index in [1.54, 1.807) is 19.1 Å². The number of aliphatic imine (C=N–C) groups is 1. The lowest BCUT2D eigenvalue weighted by Gasteiger charge is -2.21. The first kappa shape index (κ1) is 16.5. The van der Waals surface area contributed by atoms with Crippen molar-refractivity contribution in [2.45, 2.75) is 12.5 Å². The summed E-state index contributed by atoms with van der Waals surface area (Å²) in [6, 6.07) is 4.03. The van der Waals surface area contributed by atoms with Crippen LogP contribution in [-0.2, 0) is 4.74 Å². The second-order valence-electron chi connectivity index (χ2n) is 5.14. The van der Waals surface area contributed by atoms with E-state index in [9.17, 15) is 8.78 Å². The smallest absolute Gasteiger partial charge is 0.191 e. The van der Waals surface area contributed by atoms with Gasteiger partial charge in [0.1, 0.15) is 17.3 Å². The zero-order chi connectivity index (χ0) is 15.9. The van der Waals surface area contributed by atoms with Crippen molar-refractivity contribution in [1.29, 1.82) is 0 Å². The molecule has 1 heterocycles. The first-order valence-corrected chi connectivity index (χ1v) is 7.30. The summed E-state index contributed by atoms with van der Waals surface area (Å²) in [6.45, 7) is 2.36. The van der Waals surface area contributed by atoms with E-state index in [0.717, 1.165) is 6.42 Å². The molecule has 0 saturated carbocycles. The van der Waals surface area contributed by atoms with E-state index in [1.165, 1.54) is 18.2 Å². The Bertz CT molecular complexity index is 504. The van der Waals surface area contributed by atoms with Crippen molar-refractivity contribution in [3.05, 3.63) is 29.8 Å². The van der Waals surface area contributed by atoms with E-state index in [0.29, 0.717) is 32.2 Å². The van der Waals surface area contributed by atoms with Gasteiger partial charge in [-0.1, -0.05) is 6.07 Å². The summed E-state index contributed by atoms with van der Waals surface area (Å²) in [5.74, 6) is -0.385. The Kier molecular flexibility index (Phi) is 5.94. The fourth-order valence-corrected chi connectivity index (χ4v) is 2.53. The third kappa shape index (κ3) is 4.07.